The lowest BCUT2D eigenvalue weighted by molar-refractivity contribution is 0.374. The van der Waals surface area contributed by atoms with Gasteiger partial charge >= 0.3 is 0 Å². The van der Waals surface area contributed by atoms with Crippen LogP contribution in [-0.4, -0.2) is 31.2 Å². The van der Waals surface area contributed by atoms with Crippen molar-refractivity contribution in [1.29, 1.82) is 0 Å². The van der Waals surface area contributed by atoms with Gasteiger partial charge in [-0.15, -0.1) is 11.6 Å². The first-order valence-electron chi connectivity index (χ1n) is 6.14. The van der Waals surface area contributed by atoms with Crippen molar-refractivity contribution in [1.82, 2.24) is 4.31 Å². The monoisotopic (exact) mass is 287 g/mol. The molecule has 0 bridgehead atoms. The zero-order chi connectivity index (χ0) is 13.2. The van der Waals surface area contributed by atoms with E-state index in [1.165, 1.54) is 0 Å². The fourth-order valence-electron chi connectivity index (χ4n) is 2.42. The van der Waals surface area contributed by atoms with Gasteiger partial charge < -0.3 is 0 Å². The molecule has 0 aliphatic carbocycles. The van der Waals surface area contributed by atoms with Crippen LogP contribution in [0.1, 0.15) is 18.9 Å². The maximum atomic E-state index is 12.4. The minimum absolute atomic E-state index is 0.0552. The van der Waals surface area contributed by atoms with Crippen molar-refractivity contribution < 1.29 is 8.42 Å². The Morgan fingerprint density at radius 2 is 2.00 bits per heavy atom. The summed E-state index contributed by atoms with van der Waals surface area (Å²) < 4.78 is 26.3. The molecule has 100 valence electrons. The molecule has 2 atom stereocenters. The quantitative estimate of drug-likeness (QED) is 0.798. The second-order valence-corrected chi connectivity index (χ2v) is 7.07. The highest BCUT2D eigenvalue weighted by Gasteiger charge is 2.37. The first-order chi connectivity index (χ1) is 8.54. The molecule has 0 spiro atoms. The van der Waals surface area contributed by atoms with Gasteiger partial charge in [-0.05, 0) is 17.9 Å². The molecule has 0 amide bonds. The van der Waals surface area contributed by atoms with E-state index in [0.717, 1.165) is 12.0 Å². The van der Waals surface area contributed by atoms with Gasteiger partial charge in [0.2, 0.25) is 10.0 Å². The highest BCUT2D eigenvalue weighted by molar-refractivity contribution is 7.88. The highest BCUT2D eigenvalue weighted by atomic mass is 35.5. The van der Waals surface area contributed by atoms with Crippen LogP contribution in [0, 0.1) is 5.92 Å². The van der Waals surface area contributed by atoms with E-state index in [4.69, 9.17) is 11.6 Å². The molecule has 3 nitrogen and oxygen atoms in total. The minimum atomic E-state index is -3.26. The van der Waals surface area contributed by atoms with Gasteiger partial charge in [-0.3, -0.25) is 0 Å². The number of alkyl halides is 1. The molecule has 1 fully saturated rings. The van der Waals surface area contributed by atoms with Gasteiger partial charge in [0.1, 0.15) is 0 Å². The van der Waals surface area contributed by atoms with Crippen molar-refractivity contribution in [2.24, 2.45) is 5.92 Å². The predicted molar refractivity (Wildman–Crippen MR) is 74.1 cm³/mol. The fraction of sp³-hybridized carbons (Fsp3) is 0.538. The van der Waals surface area contributed by atoms with Crippen LogP contribution in [0.2, 0.25) is 0 Å². The number of sulfonamides is 1. The van der Waals surface area contributed by atoms with E-state index in [1.54, 1.807) is 4.31 Å². The zero-order valence-corrected chi connectivity index (χ0v) is 12.0. The number of hydrogen-bond acceptors (Lipinski definition) is 2. The Kier molecular flexibility index (Phi) is 4.30. The second kappa shape index (κ2) is 5.59. The van der Waals surface area contributed by atoms with E-state index in [9.17, 15) is 8.42 Å². The molecule has 0 N–H and O–H groups in total. The van der Waals surface area contributed by atoms with Gasteiger partial charge in [0.15, 0.2) is 0 Å². The molecule has 2 rings (SSSR count). The van der Waals surface area contributed by atoms with Gasteiger partial charge in [0.25, 0.3) is 0 Å². The summed E-state index contributed by atoms with van der Waals surface area (Å²) in [6.45, 7) is 2.65. The summed E-state index contributed by atoms with van der Waals surface area (Å²) in [6.07, 6.45) is 0.894. The molecule has 1 heterocycles. The lowest BCUT2D eigenvalue weighted by Gasteiger charge is -2.24. The number of benzene rings is 1. The molecule has 5 heteroatoms. The Hall–Kier alpha value is -0.580. The average molecular weight is 288 g/mol. The SMILES string of the molecule is CC1CCN(S(=O)(=O)Cc2ccccc2)C1CCl. The van der Waals surface area contributed by atoms with E-state index >= 15 is 0 Å². The van der Waals surface area contributed by atoms with Crippen molar-refractivity contribution >= 4 is 21.6 Å². The van der Waals surface area contributed by atoms with Crippen molar-refractivity contribution in [2.45, 2.75) is 25.1 Å². The first-order valence-corrected chi connectivity index (χ1v) is 8.28. The Labute approximate surface area is 114 Å². The third-order valence-electron chi connectivity index (χ3n) is 3.54. The predicted octanol–water partition coefficient (Wildman–Crippen LogP) is 2.47. The first kappa shape index (κ1) is 13.8. The van der Waals surface area contributed by atoms with Gasteiger partial charge in [-0.2, -0.15) is 4.31 Å². The summed E-state index contributed by atoms with van der Waals surface area (Å²) >= 11 is 5.90. The van der Waals surface area contributed by atoms with E-state index < -0.39 is 10.0 Å². The molecule has 1 aromatic carbocycles. The average Bonchev–Trinajstić information content (AvgIpc) is 2.72. The fourth-order valence-corrected chi connectivity index (χ4v) is 4.83. The van der Waals surface area contributed by atoms with Crippen LogP contribution < -0.4 is 0 Å². The second-order valence-electron chi connectivity index (χ2n) is 4.84. The zero-order valence-electron chi connectivity index (χ0n) is 10.4. The number of rotatable bonds is 4. The summed E-state index contributed by atoms with van der Waals surface area (Å²) in [6, 6.07) is 9.22. The molecule has 0 saturated carbocycles. The van der Waals surface area contributed by atoms with Crippen molar-refractivity contribution in [3.8, 4) is 0 Å². The lowest BCUT2D eigenvalue weighted by Crippen LogP contribution is -2.39. The minimum Gasteiger partial charge on any atom is -0.212 e. The molecular formula is C13H18ClNO2S. The molecule has 0 aromatic heterocycles. The summed E-state index contributed by atoms with van der Waals surface area (Å²) in [4.78, 5) is 0. The molecule has 1 aromatic rings. The van der Waals surface area contributed by atoms with Crippen LogP contribution >= 0.6 is 11.6 Å². The van der Waals surface area contributed by atoms with Crippen LogP contribution in [0.25, 0.3) is 0 Å². The Morgan fingerprint density at radius 3 is 2.61 bits per heavy atom. The lowest BCUT2D eigenvalue weighted by atomic mass is 10.1. The maximum absolute atomic E-state index is 12.4. The summed E-state index contributed by atoms with van der Waals surface area (Å²) in [7, 11) is -3.26. The van der Waals surface area contributed by atoms with Crippen LogP contribution in [0.4, 0.5) is 0 Å². The number of nitrogens with zero attached hydrogens (tertiary/aromatic N) is 1. The van der Waals surface area contributed by atoms with E-state index in [-0.39, 0.29) is 11.8 Å². The normalized spacial score (nSPS) is 25.4. The highest BCUT2D eigenvalue weighted by Crippen LogP contribution is 2.28. The van der Waals surface area contributed by atoms with Crippen LogP contribution in [-0.2, 0) is 15.8 Å². The maximum Gasteiger partial charge on any atom is 0.218 e. The summed E-state index contributed by atoms with van der Waals surface area (Å²) in [5.41, 5.74) is 0.824. The molecule has 1 aliphatic heterocycles. The van der Waals surface area contributed by atoms with Crippen molar-refractivity contribution in [2.75, 3.05) is 12.4 Å². The molecular weight excluding hydrogens is 270 g/mol. The molecule has 1 saturated heterocycles. The van der Waals surface area contributed by atoms with Gasteiger partial charge in [-0.25, -0.2) is 8.42 Å². The van der Waals surface area contributed by atoms with E-state index in [2.05, 4.69) is 6.92 Å². The molecule has 0 radical (unpaired) electrons. The topological polar surface area (TPSA) is 37.4 Å². The van der Waals surface area contributed by atoms with Crippen LogP contribution in [0.5, 0.6) is 0 Å². The Bertz CT molecular complexity index is 489. The number of hydrogen-bond donors (Lipinski definition) is 0. The molecule has 2 unspecified atom stereocenters. The largest absolute Gasteiger partial charge is 0.218 e. The van der Waals surface area contributed by atoms with Crippen molar-refractivity contribution in [3.63, 3.8) is 0 Å². The summed E-state index contributed by atoms with van der Waals surface area (Å²) in [5.74, 6) is 0.774. The smallest absolute Gasteiger partial charge is 0.212 e. The molecule has 1 aliphatic rings. The van der Waals surface area contributed by atoms with Gasteiger partial charge in [0.05, 0.1) is 5.75 Å². The standard InChI is InChI=1S/C13H18ClNO2S/c1-11-7-8-15(13(11)9-14)18(16,17)10-12-5-3-2-4-6-12/h2-6,11,13H,7-10H2,1H3. The van der Waals surface area contributed by atoms with E-state index in [0.29, 0.717) is 18.3 Å². The summed E-state index contributed by atoms with van der Waals surface area (Å²) in [5, 5.41) is 0. The molecule has 18 heavy (non-hydrogen) atoms. The van der Waals surface area contributed by atoms with Gasteiger partial charge in [-0.1, -0.05) is 37.3 Å². The van der Waals surface area contributed by atoms with E-state index in [1.807, 2.05) is 30.3 Å². The Morgan fingerprint density at radius 1 is 1.33 bits per heavy atom. The van der Waals surface area contributed by atoms with Crippen LogP contribution in [0.15, 0.2) is 30.3 Å². The van der Waals surface area contributed by atoms with Gasteiger partial charge in [0, 0.05) is 18.5 Å². The third-order valence-corrected chi connectivity index (χ3v) is 5.72. The van der Waals surface area contributed by atoms with Crippen LogP contribution in [0.3, 0.4) is 0 Å². The Balaban J connectivity index is 2.17. The third kappa shape index (κ3) is 2.87. The van der Waals surface area contributed by atoms with Crippen molar-refractivity contribution in [3.05, 3.63) is 35.9 Å². The number of halogens is 1.